The number of benzene rings is 1. The van der Waals surface area contributed by atoms with Gasteiger partial charge in [0.25, 0.3) is 5.91 Å². The Kier molecular flexibility index (Phi) is 9.00. The Morgan fingerprint density at radius 3 is 2.64 bits per heavy atom. The predicted octanol–water partition coefficient (Wildman–Crippen LogP) is 6.97. The SMILES string of the molecule is C#C[C@]1(O)CCC2C3CCC4=C/C(=N/OCC(=O)NCCC5(c6ccccc6)CCOC(C(C)C)C5)CC[C@]4(C)C3CC[C@@]21C. The van der Waals surface area contributed by atoms with Crippen LogP contribution < -0.4 is 5.32 Å². The first-order valence-electron chi connectivity index (χ1n) is 17.6. The molecular formula is C39H54N2O4. The van der Waals surface area contributed by atoms with Crippen molar-refractivity contribution in [1.82, 2.24) is 5.32 Å². The number of carbonyl (C=O) groups excluding carboxylic acids is 1. The number of carbonyl (C=O) groups is 1. The van der Waals surface area contributed by atoms with Crippen molar-refractivity contribution in [3.8, 4) is 12.3 Å². The lowest BCUT2D eigenvalue weighted by Crippen LogP contribution is -2.54. The molecule has 0 aromatic heterocycles. The van der Waals surface area contributed by atoms with Crippen LogP contribution in [-0.2, 0) is 19.8 Å². The summed E-state index contributed by atoms with van der Waals surface area (Å²) >= 11 is 0. The molecule has 5 unspecified atom stereocenters. The van der Waals surface area contributed by atoms with Gasteiger partial charge in [-0.15, -0.1) is 6.42 Å². The Morgan fingerprint density at radius 2 is 1.89 bits per heavy atom. The van der Waals surface area contributed by atoms with Gasteiger partial charge in [-0.05, 0) is 111 Å². The van der Waals surface area contributed by atoms with E-state index in [9.17, 15) is 9.90 Å². The number of terminal acetylenes is 1. The van der Waals surface area contributed by atoms with Crippen LogP contribution in [0.3, 0.4) is 0 Å². The fourth-order valence-corrected chi connectivity index (χ4v) is 10.4. The number of nitrogens with zero attached hydrogens (tertiary/aromatic N) is 1. The Bertz CT molecular complexity index is 1350. The third kappa shape index (κ3) is 5.78. The van der Waals surface area contributed by atoms with Gasteiger partial charge >= 0.3 is 0 Å². The first kappa shape index (κ1) is 32.3. The predicted molar refractivity (Wildman–Crippen MR) is 178 cm³/mol. The lowest BCUT2D eigenvalue weighted by molar-refractivity contribution is -0.125. The molecule has 4 fully saturated rings. The number of allylic oxidation sites excluding steroid dienone is 2. The van der Waals surface area contributed by atoms with Crippen LogP contribution in [0.4, 0.5) is 0 Å². The van der Waals surface area contributed by atoms with E-state index in [-0.39, 0.29) is 34.9 Å². The summed E-state index contributed by atoms with van der Waals surface area (Å²) < 4.78 is 6.11. The fraction of sp³-hybridized carbons (Fsp3) is 0.692. The second-order valence-corrected chi connectivity index (χ2v) is 15.7. The third-order valence-electron chi connectivity index (χ3n) is 13.3. The van der Waals surface area contributed by atoms with Crippen molar-refractivity contribution in [3.63, 3.8) is 0 Å². The van der Waals surface area contributed by atoms with Gasteiger partial charge in [0.1, 0.15) is 5.60 Å². The molecule has 0 spiro atoms. The highest BCUT2D eigenvalue weighted by Gasteiger charge is 2.63. The molecule has 2 N–H and O–H groups in total. The van der Waals surface area contributed by atoms with Gasteiger partial charge in [-0.2, -0.15) is 0 Å². The molecule has 6 nitrogen and oxygen atoms in total. The Labute approximate surface area is 270 Å². The summed E-state index contributed by atoms with van der Waals surface area (Å²) in [6, 6.07) is 10.7. The summed E-state index contributed by atoms with van der Waals surface area (Å²) in [4.78, 5) is 18.4. The number of hydrogen-bond donors (Lipinski definition) is 2. The second kappa shape index (κ2) is 12.5. The maximum absolute atomic E-state index is 12.8. The summed E-state index contributed by atoms with van der Waals surface area (Å²) in [5.41, 5.74) is 2.80. The molecule has 8 atom stereocenters. The number of nitrogens with one attached hydrogen (secondary N) is 1. The zero-order chi connectivity index (χ0) is 31.9. The second-order valence-electron chi connectivity index (χ2n) is 15.7. The highest BCUT2D eigenvalue weighted by atomic mass is 16.6. The minimum Gasteiger partial charge on any atom is -0.385 e. The molecule has 1 aliphatic heterocycles. The monoisotopic (exact) mass is 614 g/mol. The molecule has 45 heavy (non-hydrogen) atoms. The average molecular weight is 615 g/mol. The molecular weight excluding hydrogens is 560 g/mol. The van der Waals surface area contributed by atoms with Crippen molar-refractivity contribution in [2.45, 2.75) is 115 Å². The molecule has 0 bridgehead atoms. The number of ether oxygens (including phenoxy) is 1. The highest BCUT2D eigenvalue weighted by Crippen LogP contribution is 2.67. The summed E-state index contributed by atoms with van der Waals surface area (Å²) in [6.45, 7) is 10.4. The normalized spacial score (nSPS) is 40.1. The molecule has 3 saturated carbocycles. The Balaban J connectivity index is 1.03. The highest BCUT2D eigenvalue weighted by molar-refractivity contribution is 5.96. The zero-order valence-electron chi connectivity index (χ0n) is 27.9. The minimum absolute atomic E-state index is 0.00000715. The molecule has 6 heteroatoms. The van der Waals surface area contributed by atoms with Crippen LogP contribution in [0.15, 0.2) is 47.1 Å². The summed E-state index contributed by atoms with van der Waals surface area (Å²) in [5.74, 6) is 4.86. The van der Waals surface area contributed by atoms with Crippen molar-refractivity contribution in [2.24, 2.45) is 39.7 Å². The molecule has 1 aromatic rings. The molecule has 4 aliphatic carbocycles. The lowest BCUT2D eigenvalue weighted by atomic mass is 9.46. The smallest absolute Gasteiger partial charge is 0.260 e. The van der Waals surface area contributed by atoms with Gasteiger partial charge in [0.15, 0.2) is 6.61 Å². The van der Waals surface area contributed by atoms with Crippen LogP contribution in [0.5, 0.6) is 0 Å². The molecule has 5 aliphatic rings. The van der Waals surface area contributed by atoms with E-state index in [4.69, 9.17) is 16.0 Å². The van der Waals surface area contributed by atoms with Crippen LogP contribution in [0.25, 0.3) is 0 Å². The Morgan fingerprint density at radius 1 is 1.11 bits per heavy atom. The first-order valence-corrected chi connectivity index (χ1v) is 17.6. The van der Waals surface area contributed by atoms with Crippen molar-refractivity contribution in [3.05, 3.63) is 47.5 Å². The van der Waals surface area contributed by atoms with E-state index < -0.39 is 5.60 Å². The summed E-state index contributed by atoms with van der Waals surface area (Å²) in [5, 5.41) is 18.8. The van der Waals surface area contributed by atoms with Crippen molar-refractivity contribution < 1.29 is 19.5 Å². The molecule has 1 heterocycles. The van der Waals surface area contributed by atoms with Crippen molar-refractivity contribution >= 4 is 11.6 Å². The summed E-state index contributed by atoms with van der Waals surface area (Å²) in [7, 11) is 0. The first-order chi connectivity index (χ1) is 21.5. The van der Waals surface area contributed by atoms with Crippen LogP contribution in [0.1, 0.15) is 104 Å². The maximum Gasteiger partial charge on any atom is 0.260 e. The van der Waals surface area contributed by atoms with E-state index >= 15 is 0 Å². The largest absolute Gasteiger partial charge is 0.385 e. The van der Waals surface area contributed by atoms with E-state index in [0.717, 1.165) is 82.9 Å². The van der Waals surface area contributed by atoms with Gasteiger partial charge in [-0.3, -0.25) is 4.79 Å². The number of hydrogen-bond acceptors (Lipinski definition) is 5. The van der Waals surface area contributed by atoms with E-state index in [2.05, 4.69) is 80.5 Å². The maximum atomic E-state index is 12.8. The van der Waals surface area contributed by atoms with E-state index in [1.165, 1.54) is 11.1 Å². The average Bonchev–Trinajstić information content (AvgIpc) is 3.32. The van der Waals surface area contributed by atoms with Gasteiger partial charge in [0.05, 0.1) is 11.8 Å². The molecule has 0 radical (unpaired) electrons. The van der Waals surface area contributed by atoms with E-state index in [0.29, 0.717) is 30.2 Å². The van der Waals surface area contributed by atoms with E-state index in [1.807, 2.05) is 0 Å². The topological polar surface area (TPSA) is 80.2 Å². The number of rotatable bonds is 8. The van der Waals surface area contributed by atoms with Gasteiger partial charge < -0.3 is 20.0 Å². The molecule has 1 amide bonds. The van der Waals surface area contributed by atoms with E-state index in [1.54, 1.807) is 0 Å². The molecule has 1 saturated heterocycles. The third-order valence-corrected chi connectivity index (χ3v) is 13.3. The standard InChI is InChI=1S/C39H54N2O4/c1-6-39(43)19-16-33-31-13-12-29-24-30(14-17-36(29,4)32(31)15-18-37(33,39)5)41-45-26-35(42)40-22-20-38(28-10-8-7-9-11-28)21-23-44-34(25-38)27(2)3/h1,7-11,24,27,31-34,43H,12-23,25-26H2,2-5H3,(H,40,42)/b41-30+/t31?,32?,33?,34?,36-,37-,38?,39-/m0/s1. The van der Waals surface area contributed by atoms with Crippen LogP contribution in [0.2, 0.25) is 0 Å². The van der Waals surface area contributed by atoms with Crippen molar-refractivity contribution in [1.29, 1.82) is 0 Å². The fourth-order valence-electron chi connectivity index (χ4n) is 10.4. The number of amides is 1. The zero-order valence-corrected chi connectivity index (χ0v) is 27.9. The van der Waals surface area contributed by atoms with Crippen LogP contribution >= 0.6 is 0 Å². The van der Waals surface area contributed by atoms with Crippen LogP contribution in [-0.4, -0.2) is 48.2 Å². The van der Waals surface area contributed by atoms with Gasteiger partial charge in [-0.25, -0.2) is 0 Å². The number of oxime groups is 1. The quantitative estimate of drug-likeness (QED) is 0.245. The molecule has 6 rings (SSSR count). The van der Waals surface area contributed by atoms with Crippen LogP contribution in [0, 0.1) is 46.8 Å². The summed E-state index contributed by atoms with van der Waals surface area (Å²) in [6.07, 6.45) is 19.2. The van der Waals surface area contributed by atoms with Gasteiger partial charge in [0, 0.05) is 24.0 Å². The Hall–Kier alpha value is -2.62. The van der Waals surface area contributed by atoms with Crippen molar-refractivity contribution in [2.75, 3.05) is 19.8 Å². The lowest BCUT2D eigenvalue weighted by Gasteiger charge is -2.58. The number of aliphatic hydroxyl groups is 1. The number of fused-ring (bicyclic) bond motifs is 5. The minimum atomic E-state index is -0.958. The molecule has 1 aromatic carbocycles. The molecule has 244 valence electrons. The van der Waals surface area contributed by atoms with Gasteiger partial charge in [-0.1, -0.05) is 74.7 Å². The van der Waals surface area contributed by atoms with Gasteiger partial charge in [0.2, 0.25) is 0 Å².